The van der Waals surface area contributed by atoms with E-state index >= 15 is 0 Å². The Morgan fingerprint density at radius 1 is 1.50 bits per heavy atom. The highest BCUT2D eigenvalue weighted by Crippen LogP contribution is 2.11. The zero-order chi connectivity index (χ0) is 13.3. The Morgan fingerprint density at radius 3 is 2.78 bits per heavy atom. The minimum Gasteiger partial charge on any atom is -0.338 e. The summed E-state index contributed by atoms with van der Waals surface area (Å²) in [6.07, 6.45) is -0.0869. The highest BCUT2D eigenvalue weighted by atomic mass is 19.1. The van der Waals surface area contributed by atoms with Crippen LogP contribution >= 0.6 is 0 Å². The van der Waals surface area contributed by atoms with Crippen molar-refractivity contribution in [3.8, 4) is 0 Å². The van der Waals surface area contributed by atoms with Crippen LogP contribution in [0, 0.1) is 5.95 Å². The maximum absolute atomic E-state index is 12.8. The molecule has 1 aliphatic rings. The maximum atomic E-state index is 12.8. The predicted octanol–water partition coefficient (Wildman–Crippen LogP) is -0.292. The standard InChI is InChI=1S/C11H10FN3O3/c1-15-9(16)5-7(11(15)18)14-10(17)6-3-2-4-8(12)13-6/h2-4,7H,5H2,1H3,(H,14,17). The van der Waals surface area contributed by atoms with E-state index in [-0.39, 0.29) is 18.0 Å². The van der Waals surface area contributed by atoms with Crippen LogP contribution in [-0.2, 0) is 9.59 Å². The van der Waals surface area contributed by atoms with E-state index in [2.05, 4.69) is 10.3 Å². The average molecular weight is 251 g/mol. The molecule has 1 aromatic heterocycles. The summed E-state index contributed by atoms with van der Waals surface area (Å²) < 4.78 is 12.8. The number of carbonyl (C=O) groups excluding carboxylic acids is 3. The third kappa shape index (κ3) is 2.20. The van der Waals surface area contributed by atoms with E-state index in [1.165, 1.54) is 19.2 Å². The summed E-state index contributed by atoms with van der Waals surface area (Å²) in [5, 5.41) is 2.35. The Labute approximate surface area is 102 Å². The lowest BCUT2D eigenvalue weighted by molar-refractivity contribution is -0.137. The van der Waals surface area contributed by atoms with Gasteiger partial charge in [-0.05, 0) is 12.1 Å². The number of halogens is 1. The summed E-state index contributed by atoms with van der Waals surface area (Å²) in [5.74, 6) is -2.31. The fraction of sp³-hybridized carbons (Fsp3) is 0.273. The van der Waals surface area contributed by atoms with Crippen molar-refractivity contribution in [3.05, 3.63) is 29.8 Å². The lowest BCUT2D eigenvalue weighted by Crippen LogP contribution is -2.40. The van der Waals surface area contributed by atoms with Gasteiger partial charge >= 0.3 is 0 Å². The second-order valence-electron chi connectivity index (χ2n) is 3.87. The SMILES string of the molecule is CN1C(=O)CC(NC(=O)c2cccc(F)n2)C1=O. The summed E-state index contributed by atoms with van der Waals surface area (Å²) in [6.45, 7) is 0. The van der Waals surface area contributed by atoms with Gasteiger partial charge in [-0.15, -0.1) is 0 Å². The molecule has 1 aromatic rings. The number of hydrogen-bond acceptors (Lipinski definition) is 4. The fourth-order valence-electron chi connectivity index (χ4n) is 1.64. The molecule has 0 saturated carbocycles. The van der Waals surface area contributed by atoms with Gasteiger partial charge in [0.05, 0.1) is 6.42 Å². The molecule has 0 aromatic carbocycles. The molecule has 0 aliphatic carbocycles. The van der Waals surface area contributed by atoms with Gasteiger partial charge in [-0.1, -0.05) is 6.07 Å². The minimum atomic E-state index is -0.903. The number of rotatable bonds is 2. The molecule has 2 rings (SSSR count). The van der Waals surface area contributed by atoms with Crippen LogP contribution < -0.4 is 5.32 Å². The molecule has 0 spiro atoms. The molecule has 1 atom stereocenters. The van der Waals surface area contributed by atoms with Crippen molar-refractivity contribution < 1.29 is 18.8 Å². The zero-order valence-electron chi connectivity index (χ0n) is 9.51. The van der Waals surface area contributed by atoms with Crippen molar-refractivity contribution in [1.29, 1.82) is 0 Å². The minimum absolute atomic E-state index is 0.0869. The lowest BCUT2D eigenvalue weighted by Gasteiger charge is -2.10. The Bertz CT molecular complexity index is 532. The monoisotopic (exact) mass is 251 g/mol. The molecule has 94 valence electrons. The molecule has 1 fully saturated rings. The van der Waals surface area contributed by atoms with Crippen molar-refractivity contribution in [3.63, 3.8) is 0 Å². The molecule has 0 bridgehead atoms. The van der Waals surface area contributed by atoms with Crippen LogP contribution in [0.4, 0.5) is 4.39 Å². The quantitative estimate of drug-likeness (QED) is 0.578. The molecule has 3 amide bonds. The number of amides is 3. The third-order valence-corrected chi connectivity index (χ3v) is 2.63. The van der Waals surface area contributed by atoms with Gasteiger partial charge in [-0.3, -0.25) is 19.3 Å². The summed E-state index contributed by atoms with van der Waals surface area (Å²) in [7, 11) is 1.34. The second-order valence-corrected chi connectivity index (χ2v) is 3.87. The number of likely N-dealkylation sites (N-methyl/N-ethyl adjacent to an activating group) is 1. The van der Waals surface area contributed by atoms with Gasteiger partial charge < -0.3 is 5.32 Å². The fourth-order valence-corrected chi connectivity index (χ4v) is 1.64. The van der Waals surface area contributed by atoms with Crippen LogP contribution in [0.5, 0.6) is 0 Å². The van der Waals surface area contributed by atoms with E-state index < -0.39 is 23.8 Å². The Balaban J connectivity index is 2.09. The number of nitrogens with one attached hydrogen (secondary N) is 1. The van der Waals surface area contributed by atoms with Crippen molar-refractivity contribution in [2.75, 3.05) is 7.05 Å². The summed E-state index contributed by atoms with van der Waals surface area (Å²) >= 11 is 0. The molecular weight excluding hydrogens is 241 g/mol. The summed E-state index contributed by atoms with van der Waals surface area (Å²) in [6, 6.07) is 2.86. The molecule has 1 aliphatic heterocycles. The van der Waals surface area contributed by atoms with Crippen LogP contribution in [0.2, 0.25) is 0 Å². The maximum Gasteiger partial charge on any atom is 0.270 e. The van der Waals surface area contributed by atoms with E-state index in [0.29, 0.717) is 0 Å². The van der Waals surface area contributed by atoms with Gasteiger partial charge in [0.1, 0.15) is 11.7 Å². The van der Waals surface area contributed by atoms with Crippen LogP contribution in [0.25, 0.3) is 0 Å². The normalized spacial score (nSPS) is 19.2. The topological polar surface area (TPSA) is 79.4 Å². The van der Waals surface area contributed by atoms with Gasteiger partial charge in [0, 0.05) is 7.05 Å². The van der Waals surface area contributed by atoms with E-state index in [9.17, 15) is 18.8 Å². The van der Waals surface area contributed by atoms with Gasteiger partial charge in [0.25, 0.3) is 11.8 Å². The first kappa shape index (κ1) is 12.2. The smallest absolute Gasteiger partial charge is 0.270 e. The van der Waals surface area contributed by atoms with Crippen LogP contribution in [-0.4, -0.2) is 40.7 Å². The van der Waals surface area contributed by atoms with E-state index in [4.69, 9.17) is 0 Å². The Morgan fingerprint density at radius 2 is 2.22 bits per heavy atom. The van der Waals surface area contributed by atoms with E-state index in [1.54, 1.807) is 0 Å². The number of hydrogen-bond donors (Lipinski definition) is 1. The lowest BCUT2D eigenvalue weighted by atomic mass is 10.2. The van der Waals surface area contributed by atoms with E-state index in [1.807, 2.05) is 0 Å². The Kier molecular flexibility index (Phi) is 3.05. The number of pyridine rings is 1. The summed E-state index contributed by atoms with van der Waals surface area (Å²) in [4.78, 5) is 38.8. The Hall–Kier alpha value is -2.31. The first-order valence-electron chi connectivity index (χ1n) is 5.23. The van der Waals surface area contributed by atoms with Crippen LogP contribution in [0.1, 0.15) is 16.9 Å². The molecule has 18 heavy (non-hydrogen) atoms. The molecule has 1 N–H and O–H groups in total. The largest absolute Gasteiger partial charge is 0.338 e. The third-order valence-electron chi connectivity index (χ3n) is 2.63. The predicted molar refractivity (Wildman–Crippen MR) is 57.8 cm³/mol. The average Bonchev–Trinajstić information content (AvgIpc) is 2.57. The molecular formula is C11H10FN3O3. The molecule has 6 nitrogen and oxygen atoms in total. The van der Waals surface area contributed by atoms with Gasteiger partial charge in [0.2, 0.25) is 11.9 Å². The van der Waals surface area contributed by atoms with Crippen LogP contribution in [0.15, 0.2) is 18.2 Å². The number of nitrogens with zero attached hydrogens (tertiary/aromatic N) is 2. The van der Waals surface area contributed by atoms with Gasteiger partial charge in [0.15, 0.2) is 0 Å². The number of imide groups is 1. The highest BCUT2D eigenvalue weighted by Gasteiger charge is 2.37. The first-order chi connectivity index (χ1) is 8.49. The highest BCUT2D eigenvalue weighted by molar-refractivity contribution is 6.07. The number of carbonyl (C=O) groups is 3. The molecule has 1 unspecified atom stereocenters. The van der Waals surface area contributed by atoms with Crippen molar-refractivity contribution in [2.45, 2.75) is 12.5 Å². The second kappa shape index (κ2) is 4.52. The number of aromatic nitrogens is 1. The van der Waals surface area contributed by atoms with Crippen molar-refractivity contribution in [1.82, 2.24) is 15.2 Å². The van der Waals surface area contributed by atoms with Gasteiger partial charge in [-0.2, -0.15) is 4.39 Å². The molecule has 1 saturated heterocycles. The van der Waals surface area contributed by atoms with Crippen molar-refractivity contribution in [2.24, 2.45) is 0 Å². The number of likely N-dealkylation sites (tertiary alicyclic amines) is 1. The van der Waals surface area contributed by atoms with Gasteiger partial charge in [-0.25, -0.2) is 4.98 Å². The first-order valence-corrected chi connectivity index (χ1v) is 5.23. The van der Waals surface area contributed by atoms with Crippen LogP contribution in [0.3, 0.4) is 0 Å². The molecule has 0 radical (unpaired) electrons. The van der Waals surface area contributed by atoms with Crippen molar-refractivity contribution >= 4 is 17.7 Å². The molecule has 2 heterocycles. The van der Waals surface area contributed by atoms with E-state index in [0.717, 1.165) is 11.0 Å². The zero-order valence-corrected chi connectivity index (χ0v) is 9.51. The summed E-state index contributed by atoms with van der Waals surface area (Å²) in [5.41, 5.74) is -0.134. The molecule has 7 heteroatoms.